The molecule has 0 fully saturated rings. The maximum absolute atomic E-state index is 12.7. The standard InChI is InChI=1S/C20H26N6O5S.C2HF3O2/c1-14-6-2-3-9-17(14)32(30,31)25-16-8-5-11-26(19(16)29)12-18(28)24-15(13-27)7-4-10-23-20(21)22;3-2(4,5)1(6)7/h2-3,5-6,8-9,11,13,15,25H,4,7,10,12H2,1H3,(H,24,28)(H4,21,22,23);(H,6,7)/t15-;/m0./s1. The lowest BCUT2D eigenvalue weighted by Gasteiger charge is -2.14. The van der Waals surface area contributed by atoms with Crippen molar-refractivity contribution >= 4 is 39.8 Å². The topological polar surface area (TPSA) is 216 Å². The monoisotopic (exact) mass is 576 g/mol. The molecule has 0 aliphatic heterocycles. The maximum Gasteiger partial charge on any atom is 0.490 e. The van der Waals surface area contributed by atoms with E-state index >= 15 is 0 Å². The number of sulfonamides is 1. The molecule has 1 aromatic carbocycles. The van der Waals surface area contributed by atoms with E-state index in [0.717, 1.165) is 4.57 Å². The van der Waals surface area contributed by atoms with E-state index in [2.05, 4.69) is 15.0 Å². The zero-order chi connectivity index (χ0) is 29.8. The molecular weight excluding hydrogens is 549 g/mol. The second-order valence-electron chi connectivity index (χ2n) is 7.79. The number of guanidine groups is 1. The number of aromatic nitrogens is 1. The van der Waals surface area contributed by atoms with Crippen molar-refractivity contribution in [1.29, 1.82) is 0 Å². The number of aryl methyl sites for hydroxylation is 1. The minimum atomic E-state index is -5.08. The molecule has 0 saturated carbocycles. The molecule has 0 spiro atoms. The Morgan fingerprint density at radius 1 is 1.18 bits per heavy atom. The van der Waals surface area contributed by atoms with E-state index in [4.69, 9.17) is 21.4 Å². The number of halogens is 3. The number of aliphatic carboxylic acids is 1. The second kappa shape index (κ2) is 14.5. The second-order valence-corrected chi connectivity index (χ2v) is 9.44. The zero-order valence-electron chi connectivity index (χ0n) is 20.5. The molecular formula is C22H27F3N6O7S. The van der Waals surface area contributed by atoms with Gasteiger partial charge in [-0.15, -0.1) is 0 Å². The summed E-state index contributed by atoms with van der Waals surface area (Å²) < 4.78 is 60.4. The third kappa shape index (κ3) is 11.2. The fraction of sp³-hybridized carbons (Fsp3) is 0.318. The summed E-state index contributed by atoms with van der Waals surface area (Å²) in [6.45, 7) is 1.56. The number of anilines is 1. The van der Waals surface area contributed by atoms with Gasteiger partial charge >= 0.3 is 12.1 Å². The van der Waals surface area contributed by atoms with Crippen molar-refractivity contribution in [2.24, 2.45) is 16.5 Å². The molecule has 0 bridgehead atoms. The highest BCUT2D eigenvalue weighted by Crippen LogP contribution is 2.17. The molecule has 17 heteroatoms. The van der Waals surface area contributed by atoms with Crippen LogP contribution in [0.3, 0.4) is 0 Å². The van der Waals surface area contributed by atoms with Gasteiger partial charge in [-0.3, -0.25) is 19.3 Å². The number of carboxylic acids is 1. The lowest BCUT2D eigenvalue weighted by molar-refractivity contribution is -0.192. The average Bonchev–Trinajstić information content (AvgIpc) is 2.83. The van der Waals surface area contributed by atoms with Crippen LogP contribution in [0.25, 0.3) is 0 Å². The van der Waals surface area contributed by atoms with Gasteiger partial charge in [-0.05, 0) is 43.5 Å². The number of carbonyl (C=O) groups excluding carboxylic acids is 2. The van der Waals surface area contributed by atoms with E-state index in [1.807, 2.05) is 0 Å². The molecule has 2 aromatic rings. The fourth-order valence-corrected chi connectivity index (χ4v) is 4.20. The number of benzene rings is 1. The van der Waals surface area contributed by atoms with Crippen molar-refractivity contribution in [1.82, 2.24) is 9.88 Å². The Balaban J connectivity index is 0.000000956. The zero-order valence-corrected chi connectivity index (χ0v) is 21.3. The number of alkyl halides is 3. The van der Waals surface area contributed by atoms with Crippen molar-refractivity contribution in [3.8, 4) is 0 Å². The number of rotatable bonds is 11. The van der Waals surface area contributed by atoms with Gasteiger partial charge in [0.15, 0.2) is 5.96 Å². The first kappa shape index (κ1) is 32.6. The summed E-state index contributed by atoms with van der Waals surface area (Å²) in [6.07, 6.45) is -2.36. The number of carboxylic acid groups (broad SMARTS) is 1. The molecule has 0 aliphatic rings. The van der Waals surface area contributed by atoms with Gasteiger partial charge < -0.3 is 31.3 Å². The summed E-state index contributed by atoms with van der Waals surface area (Å²) in [5, 5.41) is 9.64. The van der Waals surface area contributed by atoms with Gasteiger partial charge in [-0.2, -0.15) is 13.2 Å². The Bertz CT molecular complexity index is 1360. The highest BCUT2D eigenvalue weighted by molar-refractivity contribution is 7.92. The van der Waals surface area contributed by atoms with Crippen molar-refractivity contribution in [2.75, 3.05) is 11.3 Å². The molecule has 0 aliphatic carbocycles. The highest BCUT2D eigenvalue weighted by atomic mass is 32.2. The van der Waals surface area contributed by atoms with Gasteiger partial charge in [-0.1, -0.05) is 18.2 Å². The largest absolute Gasteiger partial charge is 0.490 e. The van der Waals surface area contributed by atoms with E-state index in [0.29, 0.717) is 31.2 Å². The van der Waals surface area contributed by atoms with Gasteiger partial charge in [-0.25, -0.2) is 13.2 Å². The number of carbonyl (C=O) groups is 3. The van der Waals surface area contributed by atoms with E-state index in [9.17, 15) is 36.0 Å². The number of hydrogen-bond donors (Lipinski definition) is 5. The number of nitrogens with one attached hydrogen (secondary N) is 2. The summed E-state index contributed by atoms with van der Waals surface area (Å²) in [5.74, 6) is -3.40. The van der Waals surface area contributed by atoms with Gasteiger partial charge in [0.05, 0.1) is 10.9 Å². The van der Waals surface area contributed by atoms with Crippen LogP contribution in [0.5, 0.6) is 0 Å². The number of aliphatic imine (C=N–C) groups is 1. The first-order valence-corrected chi connectivity index (χ1v) is 12.4. The van der Waals surface area contributed by atoms with E-state index in [1.54, 1.807) is 25.1 Å². The molecule has 1 heterocycles. The van der Waals surface area contributed by atoms with Gasteiger partial charge in [0.2, 0.25) is 5.91 Å². The van der Waals surface area contributed by atoms with Gasteiger partial charge in [0.1, 0.15) is 18.5 Å². The summed E-state index contributed by atoms with van der Waals surface area (Å²) in [6, 6.07) is 8.34. The minimum absolute atomic E-state index is 0.0436. The number of nitrogens with zero attached hydrogens (tertiary/aromatic N) is 2. The quantitative estimate of drug-likeness (QED) is 0.108. The number of aldehydes is 1. The molecule has 2 rings (SSSR count). The molecule has 0 radical (unpaired) electrons. The van der Waals surface area contributed by atoms with Crippen molar-refractivity contribution in [2.45, 2.75) is 43.4 Å². The molecule has 1 aromatic heterocycles. The Labute approximate surface area is 220 Å². The molecule has 0 saturated heterocycles. The lowest BCUT2D eigenvalue weighted by Crippen LogP contribution is -2.40. The molecule has 39 heavy (non-hydrogen) atoms. The highest BCUT2D eigenvalue weighted by Gasteiger charge is 2.38. The molecule has 7 N–H and O–H groups in total. The van der Waals surface area contributed by atoms with Crippen LogP contribution in [0.4, 0.5) is 18.9 Å². The average molecular weight is 577 g/mol. The molecule has 1 amide bonds. The van der Waals surface area contributed by atoms with Crippen LogP contribution in [-0.2, 0) is 31.0 Å². The molecule has 0 unspecified atom stereocenters. The molecule has 13 nitrogen and oxygen atoms in total. The van der Waals surface area contributed by atoms with Crippen LogP contribution in [0, 0.1) is 6.92 Å². The molecule has 1 atom stereocenters. The van der Waals surface area contributed by atoms with Crippen molar-refractivity contribution in [3.05, 3.63) is 58.5 Å². The summed E-state index contributed by atoms with van der Waals surface area (Å²) in [7, 11) is -3.99. The summed E-state index contributed by atoms with van der Waals surface area (Å²) in [5.41, 5.74) is 10.1. The normalized spacial score (nSPS) is 11.8. The van der Waals surface area contributed by atoms with Gasteiger partial charge in [0.25, 0.3) is 15.6 Å². The number of amides is 1. The number of hydrogen-bond acceptors (Lipinski definition) is 7. The van der Waals surface area contributed by atoms with Crippen LogP contribution >= 0.6 is 0 Å². The first-order valence-electron chi connectivity index (χ1n) is 11.0. The lowest BCUT2D eigenvalue weighted by atomic mass is 10.2. The Hall–Kier alpha value is -4.41. The van der Waals surface area contributed by atoms with Gasteiger partial charge in [0, 0.05) is 12.7 Å². The minimum Gasteiger partial charge on any atom is -0.475 e. The van der Waals surface area contributed by atoms with Crippen LogP contribution in [0.2, 0.25) is 0 Å². The summed E-state index contributed by atoms with van der Waals surface area (Å²) in [4.78, 5) is 48.9. The van der Waals surface area contributed by atoms with Crippen LogP contribution < -0.4 is 27.1 Å². The molecule has 214 valence electrons. The SMILES string of the molecule is Cc1ccccc1S(=O)(=O)Nc1cccn(CC(=O)N[C@H](C=O)CCCN=C(N)N)c1=O.O=C(O)C(F)(F)F. The van der Waals surface area contributed by atoms with Crippen LogP contribution in [-0.4, -0.2) is 61.0 Å². The first-order chi connectivity index (χ1) is 18.1. The predicted octanol–water partition coefficient (Wildman–Crippen LogP) is 0.328. The van der Waals surface area contributed by atoms with E-state index in [-0.39, 0.29) is 16.5 Å². The van der Waals surface area contributed by atoms with Crippen molar-refractivity contribution < 1.29 is 41.1 Å². The smallest absolute Gasteiger partial charge is 0.475 e. The van der Waals surface area contributed by atoms with Crippen LogP contribution in [0.15, 0.2) is 57.3 Å². The number of pyridine rings is 1. The third-order valence-corrected chi connectivity index (χ3v) is 6.21. The van der Waals surface area contributed by atoms with E-state index in [1.165, 1.54) is 24.4 Å². The predicted molar refractivity (Wildman–Crippen MR) is 134 cm³/mol. The fourth-order valence-electron chi connectivity index (χ4n) is 2.90. The van der Waals surface area contributed by atoms with E-state index < -0.39 is 46.2 Å². The van der Waals surface area contributed by atoms with Crippen LogP contribution in [0.1, 0.15) is 18.4 Å². The maximum atomic E-state index is 12.7. The Morgan fingerprint density at radius 2 is 1.79 bits per heavy atom. The Kier molecular flexibility index (Phi) is 12.1. The van der Waals surface area contributed by atoms with Crippen molar-refractivity contribution in [3.63, 3.8) is 0 Å². The summed E-state index contributed by atoms with van der Waals surface area (Å²) >= 11 is 0. The third-order valence-electron chi connectivity index (χ3n) is 4.68. The Morgan fingerprint density at radius 3 is 2.33 bits per heavy atom. The number of nitrogens with two attached hydrogens (primary N) is 2.